The first-order valence-electron chi connectivity index (χ1n) is 9.10. The van der Waals surface area contributed by atoms with Gasteiger partial charge >= 0.3 is 0 Å². The van der Waals surface area contributed by atoms with E-state index in [0.717, 1.165) is 18.7 Å². The molecule has 2 aliphatic heterocycles. The van der Waals surface area contributed by atoms with Crippen LogP contribution in [-0.2, 0) is 4.79 Å². The summed E-state index contributed by atoms with van der Waals surface area (Å²) in [6.45, 7) is 0.817. The van der Waals surface area contributed by atoms with Gasteiger partial charge in [0.2, 0.25) is 5.91 Å². The number of rotatable bonds is 2. The van der Waals surface area contributed by atoms with Crippen LogP contribution in [0.15, 0.2) is 29.3 Å². The molecule has 4 unspecified atom stereocenters. The average molecular weight is 340 g/mol. The topological polar surface area (TPSA) is 41.5 Å². The van der Waals surface area contributed by atoms with Crippen LogP contribution in [0.3, 0.4) is 0 Å². The summed E-state index contributed by atoms with van der Waals surface area (Å²) in [5.41, 5.74) is 1.16. The average Bonchev–Trinajstić information content (AvgIpc) is 2.96. The van der Waals surface area contributed by atoms with E-state index in [9.17, 15) is 4.79 Å². The number of allylic oxidation sites excluding steroid dienone is 3. The first-order chi connectivity index (χ1) is 11.8. The zero-order chi connectivity index (χ0) is 16.6. The molecule has 0 aromatic heterocycles. The van der Waals surface area contributed by atoms with Crippen LogP contribution < -0.4 is 5.32 Å². The Morgan fingerprint density at radius 2 is 2.12 bits per heavy atom. The second-order valence-corrected chi connectivity index (χ2v) is 8.77. The molecule has 4 rings (SSSR count). The zero-order valence-electron chi connectivity index (χ0n) is 13.9. The SMILES string of the molecule is C#CNC(=O)C1C(C2CCCCC2)SC23C=CC=CC2=NCCC13. The third-order valence-electron chi connectivity index (χ3n) is 6.11. The standard InChI is InChI=1S/C20H24N2OS/c1-2-21-19(23)17-15-11-13-22-16-10-6-7-12-20(15,16)24-18(17)14-8-4-3-5-9-14/h1,6-7,10,12,14-15,17-18H,3-5,8-9,11,13H2,(H,21,23). The lowest BCUT2D eigenvalue weighted by molar-refractivity contribution is -0.125. The van der Waals surface area contributed by atoms with Gasteiger partial charge in [0.25, 0.3) is 0 Å². The van der Waals surface area contributed by atoms with Gasteiger partial charge in [0, 0.05) is 17.8 Å². The smallest absolute Gasteiger partial charge is 0.236 e. The van der Waals surface area contributed by atoms with E-state index in [4.69, 9.17) is 11.4 Å². The molecule has 4 heteroatoms. The molecule has 0 bridgehead atoms. The van der Waals surface area contributed by atoms with E-state index in [1.807, 2.05) is 11.8 Å². The highest BCUT2D eigenvalue weighted by molar-refractivity contribution is 8.02. The molecular weight excluding hydrogens is 316 g/mol. The molecule has 1 N–H and O–H groups in total. The lowest BCUT2D eigenvalue weighted by Crippen LogP contribution is -2.46. The number of nitrogens with one attached hydrogen (secondary N) is 1. The van der Waals surface area contributed by atoms with Gasteiger partial charge in [-0.05, 0) is 37.2 Å². The molecule has 126 valence electrons. The first kappa shape index (κ1) is 16.0. The van der Waals surface area contributed by atoms with Crippen LogP contribution >= 0.6 is 11.8 Å². The lowest BCUT2D eigenvalue weighted by Gasteiger charge is -2.38. The van der Waals surface area contributed by atoms with Crippen molar-refractivity contribution in [3.8, 4) is 12.5 Å². The number of carbonyl (C=O) groups is 1. The monoisotopic (exact) mass is 340 g/mol. The molecule has 4 aliphatic rings. The van der Waals surface area contributed by atoms with Crippen LogP contribution in [0.25, 0.3) is 0 Å². The van der Waals surface area contributed by atoms with Gasteiger partial charge < -0.3 is 0 Å². The van der Waals surface area contributed by atoms with Crippen LogP contribution in [0.1, 0.15) is 38.5 Å². The number of hydrogen-bond donors (Lipinski definition) is 1. The number of carbonyl (C=O) groups excluding carboxylic acids is 1. The molecule has 1 spiro atoms. The second-order valence-electron chi connectivity index (χ2n) is 7.31. The molecular formula is C20H24N2OS. The number of aliphatic imine (C=N–C) groups is 1. The predicted octanol–water partition coefficient (Wildman–Crippen LogP) is 3.33. The largest absolute Gasteiger partial charge is 0.288 e. The van der Waals surface area contributed by atoms with E-state index in [-0.39, 0.29) is 16.6 Å². The Morgan fingerprint density at radius 1 is 1.29 bits per heavy atom. The molecule has 2 fully saturated rings. The fraction of sp³-hybridized carbons (Fsp3) is 0.600. The van der Waals surface area contributed by atoms with Crippen LogP contribution in [0, 0.1) is 30.2 Å². The molecule has 3 nitrogen and oxygen atoms in total. The summed E-state index contributed by atoms with van der Waals surface area (Å²) in [5, 5.41) is 3.03. The molecule has 0 aromatic rings. The summed E-state index contributed by atoms with van der Waals surface area (Å²) < 4.78 is -0.119. The number of nitrogens with zero attached hydrogens (tertiary/aromatic N) is 1. The maximum Gasteiger partial charge on any atom is 0.236 e. The molecule has 2 aliphatic carbocycles. The molecule has 1 saturated carbocycles. The van der Waals surface area contributed by atoms with Crippen molar-refractivity contribution < 1.29 is 4.79 Å². The van der Waals surface area contributed by atoms with E-state index in [0.29, 0.717) is 17.1 Å². The summed E-state index contributed by atoms with van der Waals surface area (Å²) in [5.74, 6) is 0.969. The Hall–Kier alpha value is -1.47. The van der Waals surface area contributed by atoms with E-state index >= 15 is 0 Å². The number of terminal acetylenes is 1. The van der Waals surface area contributed by atoms with Crippen molar-refractivity contribution >= 4 is 23.4 Å². The minimum absolute atomic E-state index is 0.00389. The van der Waals surface area contributed by atoms with Crippen molar-refractivity contribution in [1.82, 2.24) is 5.32 Å². The van der Waals surface area contributed by atoms with Gasteiger partial charge in [0.05, 0.1) is 16.4 Å². The number of hydrogen-bond acceptors (Lipinski definition) is 3. The van der Waals surface area contributed by atoms with E-state index in [2.05, 4.69) is 35.7 Å². The molecule has 24 heavy (non-hydrogen) atoms. The van der Waals surface area contributed by atoms with Crippen molar-refractivity contribution in [2.75, 3.05) is 6.54 Å². The van der Waals surface area contributed by atoms with Gasteiger partial charge in [-0.25, -0.2) is 0 Å². The highest BCUT2D eigenvalue weighted by Crippen LogP contribution is 2.59. The Labute approximate surface area is 148 Å². The van der Waals surface area contributed by atoms with Crippen molar-refractivity contribution in [2.24, 2.45) is 22.7 Å². The summed E-state index contributed by atoms with van der Waals surface area (Å²) in [4.78, 5) is 17.7. The molecule has 0 aromatic carbocycles. The third-order valence-corrected chi connectivity index (χ3v) is 8.10. The minimum atomic E-state index is -0.119. The van der Waals surface area contributed by atoms with E-state index in [1.54, 1.807) is 0 Å². The van der Waals surface area contributed by atoms with Crippen molar-refractivity contribution in [3.63, 3.8) is 0 Å². The van der Waals surface area contributed by atoms with Crippen molar-refractivity contribution in [2.45, 2.75) is 48.5 Å². The molecule has 2 heterocycles. The van der Waals surface area contributed by atoms with Gasteiger partial charge in [-0.2, -0.15) is 0 Å². The van der Waals surface area contributed by atoms with Crippen LogP contribution in [0.5, 0.6) is 0 Å². The van der Waals surface area contributed by atoms with Crippen LogP contribution in [0.4, 0.5) is 0 Å². The first-order valence-corrected chi connectivity index (χ1v) is 9.98. The summed E-state index contributed by atoms with van der Waals surface area (Å²) in [7, 11) is 0. The Morgan fingerprint density at radius 3 is 2.92 bits per heavy atom. The summed E-state index contributed by atoms with van der Waals surface area (Å²) >= 11 is 2.00. The lowest BCUT2D eigenvalue weighted by atomic mass is 9.69. The van der Waals surface area contributed by atoms with Crippen LogP contribution in [0.2, 0.25) is 0 Å². The maximum atomic E-state index is 12.9. The minimum Gasteiger partial charge on any atom is -0.288 e. The number of thioether (sulfide) groups is 1. The third kappa shape index (κ3) is 2.45. The molecule has 4 atom stereocenters. The van der Waals surface area contributed by atoms with Crippen molar-refractivity contribution in [3.05, 3.63) is 24.3 Å². The highest BCUT2D eigenvalue weighted by Gasteiger charge is 2.59. The van der Waals surface area contributed by atoms with Gasteiger partial charge in [-0.3, -0.25) is 15.1 Å². The fourth-order valence-corrected chi connectivity index (χ4v) is 7.31. The Balaban J connectivity index is 1.72. The van der Waals surface area contributed by atoms with E-state index < -0.39 is 0 Å². The van der Waals surface area contributed by atoms with Gasteiger partial charge in [-0.15, -0.1) is 11.8 Å². The van der Waals surface area contributed by atoms with Gasteiger partial charge in [-0.1, -0.05) is 43.9 Å². The quantitative estimate of drug-likeness (QED) is 0.619. The Bertz CT molecular complexity index is 653. The molecule has 0 radical (unpaired) electrons. The maximum absolute atomic E-state index is 12.9. The number of amides is 1. The molecule has 1 amide bonds. The summed E-state index contributed by atoms with van der Waals surface area (Å²) in [6, 6.07) is 2.36. The molecule has 1 saturated heterocycles. The predicted molar refractivity (Wildman–Crippen MR) is 99.8 cm³/mol. The fourth-order valence-electron chi connectivity index (χ4n) is 5.09. The highest BCUT2D eigenvalue weighted by atomic mass is 32.2. The second kappa shape index (κ2) is 6.44. The van der Waals surface area contributed by atoms with Crippen LogP contribution in [-0.4, -0.2) is 28.2 Å². The van der Waals surface area contributed by atoms with Gasteiger partial charge in [0.1, 0.15) is 0 Å². The summed E-state index contributed by atoms with van der Waals surface area (Å²) in [6.07, 6.45) is 21.4. The zero-order valence-corrected chi connectivity index (χ0v) is 14.7. The van der Waals surface area contributed by atoms with Gasteiger partial charge in [0.15, 0.2) is 0 Å². The normalized spacial score (nSPS) is 38.0. The van der Waals surface area contributed by atoms with Crippen molar-refractivity contribution in [1.29, 1.82) is 0 Å². The Kier molecular flexibility index (Phi) is 4.30. The van der Waals surface area contributed by atoms with E-state index in [1.165, 1.54) is 32.1 Å².